The van der Waals surface area contributed by atoms with Gasteiger partial charge in [-0.1, -0.05) is 12.1 Å². The van der Waals surface area contributed by atoms with E-state index in [1.807, 2.05) is 0 Å². The molecule has 0 radical (unpaired) electrons. The molecule has 1 aliphatic heterocycles. The van der Waals surface area contributed by atoms with Crippen LogP contribution in [0.2, 0.25) is 0 Å². The first-order chi connectivity index (χ1) is 16.4. The number of nitrogens with one attached hydrogen (secondary N) is 2. The van der Waals surface area contributed by atoms with E-state index < -0.39 is 41.7 Å². The van der Waals surface area contributed by atoms with Gasteiger partial charge in [0.05, 0.1) is 26.9 Å². The maximum atomic E-state index is 13.1. The predicted octanol–water partition coefficient (Wildman–Crippen LogP) is 2.81. The standard InChI is InChI=1S/C23H24F3N3O6/c1-22(14-6-5-7-15(9-14)23(24,25)26)20(31)29(21(32)28-22)12-19(30)27-11-13-8-17(34-3)18(35-4)10-16(13)33-2/h5-10H,11-12H2,1-4H3,(H,27,30)(H,28,32). The minimum atomic E-state index is -4.62. The zero-order valence-electron chi connectivity index (χ0n) is 19.4. The average Bonchev–Trinajstić information content (AvgIpc) is 3.05. The fourth-order valence-corrected chi connectivity index (χ4v) is 3.67. The molecule has 188 valence electrons. The molecule has 35 heavy (non-hydrogen) atoms. The van der Waals surface area contributed by atoms with E-state index in [0.29, 0.717) is 27.7 Å². The van der Waals surface area contributed by atoms with Gasteiger partial charge in [0.1, 0.15) is 17.8 Å². The van der Waals surface area contributed by atoms with Crippen LogP contribution in [0.4, 0.5) is 18.0 Å². The Hall–Kier alpha value is -3.96. The molecule has 1 atom stereocenters. The lowest BCUT2D eigenvalue weighted by molar-refractivity contribution is -0.138. The highest BCUT2D eigenvalue weighted by molar-refractivity contribution is 6.09. The molecule has 9 nitrogen and oxygen atoms in total. The number of methoxy groups -OCH3 is 3. The summed E-state index contributed by atoms with van der Waals surface area (Å²) in [5.41, 5.74) is -2.22. The lowest BCUT2D eigenvalue weighted by Gasteiger charge is -2.23. The summed E-state index contributed by atoms with van der Waals surface area (Å²) in [7, 11) is 4.35. The first kappa shape index (κ1) is 25.7. The van der Waals surface area contributed by atoms with Crippen molar-refractivity contribution in [2.45, 2.75) is 25.2 Å². The maximum Gasteiger partial charge on any atom is 0.416 e. The number of halogens is 3. The monoisotopic (exact) mass is 495 g/mol. The van der Waals surface area contributed by atoms with Gasteiger partial charge in [0.2, 0.25) is 5.91 Å². The molecule has 2 aromatic carbocycles. The van der Waals surface area contributed by atoms with Gasteiger partial charge < -0.3 is 24.8 Å². The summed E-state index contributed by atoms with van der Waals surface area (Å²) >= 11 is 0. The molecule has 1 unspecified atom stereocenters. The molecular formula is C23H24F3N3O6. The molecule has 12 heteroatoms. The number of benzene rings is 2. The van der Waals surface area contributed by atoms with Gasteiger partial charge in [-0.2, -0.15) is 13.2 Å². The Morgan fingerprint density at radius 1 is 1.03 bits per heavy atom. The molecule has 2 aromatic rings. The zero-order valence-corrected chi connectivity index (χ0v) is 19.4. The molecule has 4 amide bonds. The lowest BCUT2D eigenvalue weighted by atomic mass is 9.90. The number of carbonyl (C=O) groups excluding carboxylic acids is 3. The Kier molecular flexibility index (Phi) is 7.13. The first-order valence-corrected chi connectivity index (χ1v) is 10.3. The second kappa shape index (κ2) is 9.72. The molecular weight excluding hydrogens is 471 g/mol. The van der Waals surface area contributed by atoms with E-state index >= 15 is 0 Å². The highest BCUT2D eigenvalue weighted by Gasteiger charge is 2.50. The molecule has 1 aliphatic rings. The van der Waals surface area contributed by atoms with Gasteiger partial charge >= 0.3 is 12.2 Å². The van der Waals surface area contributed by atoms with Crippen LogP contribution < -0.4 is 24.8 Å². The zero-order chi connectivity index (χ0) is 26.0. The molecule has 0 aromatic heterocycles. The van der Waals surface area contributed by atoms with E-state index in [0.717, 1.165) is 18.2 Å². The van der Waals surface area contributed by atoms with Crippen molar-refractivity contribution in [2.24, 2.45) is 0 Å². The fourth-order valence-electron chi connectivity index (χ4n) is 3.67. The van der Waals surface area contributed by atoms with Crippen LogP contribution in [0.5, 0.6) is 17.2 Å². The number of nitrogens with zero attached hydrogens (tertiary/aromatic N) is 1. The van der Waals surface area contributed by atoms with E-state index in [1.54, 1.807) is 12.1 Å². The third-order valence-electron chi connectivity index (χ3n) is 5.61. The lowest BCUT2D eigenvalue weighted by Crippen LogP contribution is -2.43. The van der Waals surface area contributed by atoms with Gasteiger partial charge in [0.15, 0.2) is 11.5 Å². The topological polar surface area (TPSA) is 106 Å². The Morgan fingerprint density at radius 2 is 1.66 bits per heavy atom. The Morgan fingerprint density at radius 3 is 2.26 bits per heavy atom. The SMILES string of the molecule is COc1cc(OC)c(OC)cc1CNC(=O)CN1C(=O)NC(C)(c2cccc(C(F)(F)F)c2)C1=O. The normalized spacial score (nSPS) is 17.7. The molecule has 3 rings (SSSR count). The summed E-state index contributed by atoms with van der Waals surface area (Å²) in [6, 6.07) is 6.41. The van der Waals surface area contributed by atoms with Crippen molar-refractivity contribution >= 4 is 17.8 Å². The minimum absolute atomic E-state index is 0.0170. The molecule has 0 saturated carbocycles. The maximum absolute atomic E-state index is 13.1. The van der Waals surface area contributed by atoms with E-state index in [-0.39, 0.29) is 12.1 Å². The van der Waals surface area contributed by atoms with Crippen molar-refractivity contribution in [1.29, 1.82) is 0 Å². The van der Waals surface area contributed by atoms with Crippen molar-refractivity contribution in [2.75, 3.05) is 27.9 Å². The molecule has 2 N–H and O–H groups in total. The average molecular weight is 495 g/mol. The molecule has 1 heterocycles. The summed E-state index contributed by atoms with van der Waals surface area (Å²) in [6.07, 6.45) is -4.62. The number of amides is 4. The summed E-state index contributed by atoms with van der Waals surface area (Å²) in [6.45, 7) is 0.640. The van der Waals surface area contributed by atoms with Gasteiger partial charge in [-0.15, -0.1) is 0 Å². The summed E-state index contributed by atoms with van der Waals surface area (Å²) < 4.78 is 55.1. The van der Waals surface area contributed by atoms with Crippen molar-refractivity contribution in [3.63, 3.8) is 0 Å². The fraction of sp³-hybridized carbons (Fsp3) is 0.348. The number of hydrogen-bond acceptors (Lipinski definition) is 6. The van der Waals surface area contributed by atoms with Crippen LogP contribution in [-0.4, -0.2) is 50.6 Å². The van der Waals surface area contributed by atoms with Crippen molar-refractivity contribution in [1.82, 2.24) is 15.5 Å². The third kappa shape index (κ3) is 5.10. The van der Waals surface area contributed by atoms with Crippen LogP contribution in [0.25, 0.3) is 0 Å². The predicted molar refractivity (Wildman–Crippen MR) is 117 cm³/mol. The van der Waals surface area contributed by atoms with Crippen LogP contribution in [0, 0.1) is 0 Å². The van der Waals surface area contributed by atoms with E-state index in [2.05, 4.69) is 10.6 Å². The van der Waals surface area contributed by atoms with Gasteiger partial charge in [-0.05, 0) is 30.7 Å². The largest absolute Gasteiger partial charge is 0.496 e. The molecule has 1 saturated heterocycles. The molecule has 0 bridgehead atoms. The quantitative estimate of drug-likeness (QED) is 0.546. The van der Waals surface area contributed by atoms with Crippen molar-refractivity contribution in [3.05, 3.63) is 53.1 Å². The van der Waals surface area contributed by atoms with Crippen molar-refractivity contribution < 1.29 is 41.8 Å². The van der Waals surface area contributed by atoms with Crippen LogP contribution in [-0.2, 0) is 27.8 Å². The van der Waals surface area contributed by atoms with E-state index in [4.69, 9.17) is 14.2 Å². The van der Waals surface area contributed by atoms with Gasteiger partial charge in [-0.3, -0.25) is 14.5 Å². The second-order valence-corrected chi connectivity index (χ2v) is 7.82. The highest BCUT2D eigenvalue weighted by Crippen LogP contribution is 2.36. The van der Waals surface area contributed by atoms with Gasteiger partial charge in [-0.25, -0.2) is 4.79 Å². The summed E-state index contributed by atoms with van der Waals surface area (Å²) in [5.74, 6) is -0.273. The van der Waals surface area contributed by atoms with E-state index in [9.17, 15) is 27.6 Å². The summed E-state index contributed by atoms with van der Waals surface area (Å²) in [4.78, 5) is 38.7. The third-order valence-corrected chi connectivity index (χ3v) is 5.61. The van der Waals surface area contributed by atoms with E-state index in [1.165, 1.54) is 34.3 Å². The molecule has 0 spiro atoms. The number of imide groups is 1. The summed E-state index contributed by atoms with van der Waals surface area (Å²) in [5, 5.41) is 4.98. The highest BCUT2D eigenvalue weighted by atomic mass is 19.4. The molecule has 1 fully saturated rings. The molecule has 0 aliphatic carbocycles. The first-order valence-electron chi connectivity index (χ1n) is 10.3. The van der Waals surface area contributed by atoms with Crippen molar-refractivity contribution in [3.8, 4) is 17.2 Å². The van der Waals surface area contributed by atoms with Gasteiger partial charge in [0, 0.05) is 18.2 Å². The second-order valence-electron chi connectivity index (χ2n) is 7.82. The van der Waals surface area contributed by atoms with Crippen LogP contribution >= 0.6 is 0 Å². The Balaban J connectivity index is 1.73. The Bertz CT molecular complexity index is 1150. The minimum Gasteiger partial charge on any atom is -0.496 e. The number of alkyl halides is 3. The van der Waals surface area contributed by atoms with Gasteiger partial charge in [0.25, 0.3) is 5.91 Å². The van der Waals surface area contributed by atoms with Crippen LogP contribution in [0.1, 0.15) is 23.6 Å². The van der Waals surface area contributed by atoms with Crippen LogP contribution in [0.3, 0.4) is 0 Å². The van der Waals surface area contributed by atoms with Crippen LogP contribution in [0.15, 0.2) is 36.4 Å². The number of ether oxygens (including phenoxy) is 3. The smallest absolute Gasteiger partial charge is 0.416 e. The number of rotatable bonds is 8. The number of hydrogen-bond donors (Lipinski definition) is 2. The number of urea groups is 1. The number of carbonyl (C=O) groups is 3. The Labute approximate surface area is 199 Å².